The first kappa shape index (κ1) is 17.4. The van der Waals surface area contributed by atoms with Crippen LogP contribution in [-0.4, -0.2) is 21.7 Å². The fourth-order valence-electron chi connectivity index (χ4n) is 3.64. The van der Waals surface area contributed by atoms with E-state index in [1.54, 1.807) is 17.8 Å². The van der Waals surface area contributed by atoms with E-state index >= 15 is 0 Å². The quantitative estimate of drug-likeness (QED) is 0.579. The van der Waals surface area contributed by atoms with Gasteiger partial charge >= 0.3 is 0 Å². The fourth-order valence-corrected chi connectivity index (χ4v) is 4.28. The summed E-state index contributed by atoms with van der Waals surface area (Å²) in [5.74, 6) is 0.383. The van der Waals surface area contributed by atoms with Crippen LogP contribution < -0.4 is 5.32 Å². The average molecular weight is 386 g/mol. The van der Waals surface area contributed by atoms with Crippen LogP contribution in [0.1, 0.15) is 42.1 Å². The molecule has 0 radical (unpaired) electrons. The topological polar surface area (TPSA) is 46.9 Å². The van der Waals surface area contributed by atoms with Gasteiger partial charge in [-0.1, -0.05) is 36.6 Å². The smallest absolute Gasteiger partial charge is 0.259 e. The number of benzene rings is 2. The van der Waals surface area contributed by atoms with Gasteiger partial charge in [-0.25, -0.2) is 4.98 Å². The van der Waals surface area contributed by atoms with Gasteiger partial charge in [0.2, 0.25) is 5.95 Å². The SMILES string of the molecule is CSc1ccc(Cl)c(C(=O)Nc2nc3ccccc3n2C2CCCC2)c1. The lowest BCUT2D eigenvalue weighted by molar-refractivity contribution is 0.102. The number of amides is 1. The first-order valence-corrected chi connectivity index (χ1v) is 10.4. The molecule has 0 atom stereocenters. The van der Waals surface area contributed by atoms with Gasteiger partial charge in [0.05, 0.1) is 21.6 Å². The highest BCUT2D eigenvalue weighted by Crippen LogP contribution is 2.35. The van der Waals surface area contributed by atoms with Crippen molar-refractivity contribution in [1.29, 1.82) is 0 Å². The monoisotopic (exact) mass is 385 g/mol. The number of fused-ring (bicyclic) bond motifs is 1. The Kier molecular flexibility index (Phi) is 4.92. The predicted molar refractivity (Wildman–Crippen MR) is 108 cm³/mol. The highest BCUT2D eigenvalue weighted by Gasteiger charge is 2.24. The molecule has 134 valence electrons. The van der Waals surface area contributed by atoms with Crippen molar-refractivity contribution in [2.75, 3.05) is 11.6 Å². The van der Waals surface area contributed by atoms with Gasteiger partial charge in [0.25, 0.3) is 5.91 Å². The van der Waals surface area contributed by atoms with E-state index in [-0.39, 0.29) is 5.91 Å². The van der Waals surface area contributed by atoms with E-state index in [1.807, 2.05) is 36.6 Å². The van der Waals surface area contributed by atoms with E-state index in [1.165, 1.54) is 12.8 Å². The van der Waals surface area contributed by atoms with Crippen LogP contribution in [0.15, 0.2) is 47.4 Å². The molecule has 1 saturated carbocycles. The van der Waals surface area contributed by atoms with Crippen molar-refractivity contribution >= 4 is 46.3 Å². The molecule has 1 amide bonds. The molecule has 1 aliphatic rings. The van der Waals surface area contributed by atoms with E-state index < -0.39 is 0 Å². The fraction of sp³-hybridized carbons (Fsp3) is 0.300. The maximum atomic E-state index is 12.9. The molecule has 2 aromatic carbocycles. The lowest BCUT2D eigenvalue weighted by atomic mass is 10.2. The number of thioether (sulfide) groups is 1. The van der Waals surface area contributed by atoms with Crippen LogP contribution in [0.3, 0.4) is 0 Å². The summed E-state index contributed by atoms with van der Waals surface area (Å²) < 4.78 is 2.19. The Labute approximate surface area is 161 Å². The number of halogens is 1. The number of carbonyl (C=O) groups excluding carboxylic acids is 1. The maximum Gasteiger partial charge on any atom is 0.259 e. The van der Waals surface area contributed by atoms with Crippen molar-refractivity contribution in [2.24, 2.45) is 0 Å². The van der Waals surface area contributed by atoms with E-state index in [2.05, 4.69) is 20.9 Å². The third-order valence-corrected chi connectivity index (χ3v) is 5.98. The van der Waals surface area contributed by atoms with Gasteiger partial charge in [-0.3, -0.25) is 10.1 Å². The molecule has 1 N–H and O–H groups in total. The van der Waals surface area contributed by atoms with Gasteiger partial charge in [-0.2, -0.15) is 0 Å². The van der Waals surface area contributed by atoms with Crippen LogP contribution in [0.4, 0.5) is 5.95 Å². The Balaban J connectivity index is 1.73. The summed E-state index contributed by atoms with van der Waals surface area (Å²) >= 11 is 7.85. The molecule has 0 aliphatic heterocycles. The third-order valence-electron chi connectivity index (χ3n) is 4.93. The summed E-state index contributed by atoms with van der Waals surface area (Å²) in [7, 11) is 0. The molecule has 0 unspecified atom stereocenters. The summed E-state index contributed by atoms with van der Waals surface area (Å²) in [5, 5.41) is 3.45. The second kappa shape index (κ2) is 7.33. The highest BCUT2D eigenvalue weighted by atomic mass is 35.5. The van der Waals surface area contributed by atoms with Gasteiger partial charge in [0.1, 0.15) is 0 Å². The number of nitrogens with zero attached hydrogens (tertiary/aromatic N) is 2. The second-order valence-corrected chi connectivity index (χ2v) is 7.82. The van der Waals surface area contributed by atoms with Crippen molar-refractivity contribution < 1.29 is 4.79 Å². The Hall–Kier alpha value is -1.98. The molecule has 6 heteroatoms. The molecular weight excluding hydrogens is 366 g/mol. The van der Waals surface area contributed by atoms with Gasteiger partial charge in [-0.15, -0.1) is 11.8 Å². The number of rotatable bonds is 4. The number of anilines is 1. The van der Waals surface area contributed by atoms with E-state index in [4.69, 9.17) is 11.6 Å². The highest BCUT2D eigenvalue weighted by molar-refractivity contribution is 7.98. The summed E-state index contributed by atoms with van der Waals surface area (Å²) in [6.45, 7) is 0. The molecule has 26 heavy (non-hydrogen) atoms. The van der Waals surface area contributed by atoms with Crippen LogP contribution in [0.2, 0.25) is 5.02 Å². The Morgan fingerprint density at radius 3 is 2.77 bits per heavy atom. The number of hydrogen-bond donors (Lipinski definition) is 1. The number of imidazole rings is 1. The van der Waals surface area contributed by atoms with Crippen LogP contribution in [0.25, 0.3) is 11.0 Å². The molecule has 3 aromatic rings. The lowest BCUT2D eigenvalue weighted by Gasteiger charge is -2.17. The molecule has 1 heterocycles. The zero-order valence-electron chi connectivity index (χ0n) is 14.5. The zero-order valence-corrected chi connectivity index (χ0v) is 16.1. The Morgan fingerprint density at radius 1 is 1.23 bits per heavy atom. The van der Waals surface area contributed by atoms with Crippen molar-refractivity contribution in [3.63, 3.8) is 0 Å². The molecule has 4 nitrogen and oxygen atoms in total. The average Bonchev–Trinajstić information content (AvgIpc) is 3.28. The van der Waals surface area contributed by atoms with E-state index in [9.17, 15) is 4.79 Å². The summed E-state index contributed by atoms with van der Waals surface area (Å²) in [6, 6.07) is 13.9. The summed E-state index contributed by atoms with van der Waals surface area (Å²) in [5.41, 5.74) is 2.45. The summed E-state index contributed by atoms with van der Waals surface area (Å²) in [4.78, 5) is 18.6. The minimum atomic E-state index is -0.222. The zero-order chi connectivity index (χ0) is 18.1. The molecule has 1 aliphatic carbocycles. The minimum Gasteiger partial charge on any atom is -0.307 e. The number of nitrogens with one attached hydrogen (secondary N) is 1. The van der Waals surface area contributed by atoms with Gasteiger partial charge < -0.3 is 4.57 Å². The normalized spacial score (nSPS) is 14.8. The van der Waals surface area contributed by atoms with Gasteiger partial charge in [0, 0.05) is 10.9 Å². The first-order valence-electron chi connectivity index (χ1n) is 8.79. The molecule has 0 bridgehead atoms. The summed E-state index contributed by atoms with van der Waals surface area (Å²) in [6.07, 6.45) is 6.64. The largest absolute Gasteiger partial charge is 0.307 e. The minimum absolute atomic E-state index is 0.222. The number of para-hydroxylation sites is 2. The molecule has 1 aromatic heterocycles. The van der Waals surface area contributed by atoms with Crippen LogP contribution in [-0.2, 0) is 0 Å². The number of carbonyl (C=O) groups is 1. The van der Waals surface area contributed by atoms with E-state index in [0.717, 1.165) is 28.8 Å². The Morgan fingerprint density at radius 2 is 2.00 bits per heavy atom. The van der Waals surface area contributed by atoms with Crippen molar-refractivity contribution in [3.8, 4) is 0 Å². The second-order valence-electron chi connectivity index (χ2n) is 6.53. The predicted octanol–water partition coefficient (Wildman–Crippen LogP) is 5.78. The molecular formula is C20H20ClN3OS. The number of hydrogen-bond acceptors (Lipinski definition) is 3. The standard InChI is InChI=1S/C20H20ClN3OS/c1-26-14-10-11-16(21)15(12-14)19(25)23-20-22-17-8-4-5-9-18(17)24(20)13-6-2-3-7-13/h4-5,8-13H,2-3,6-7H2,1H3,(H,22,23,25). The van der Waals surface area contributed by atoms with Crippen LogP contribution >= 0.6 is 23.4 Å². The van der Waals surface area contributed by atoms with Crippen molar-refractivity contribution in [3.05, 3.63) is 53.1 Å². The van der Waals surface area contributed by atoms with E-state index in [0.29, 0.717) is 22.6 Å². The number of aromatic nitrogens is 2. The molecule has 0 saturated heterocycles. The lowest BCUT2D eigenvalue weighted by Crippen LogP contribution is -2.18. The first-order chi connectivity index (χ1) is 12.7. The molecule has 4 rings (SSSR count). The van der Waals surface area contributed by atoms with Crippen LogP contribution in [0, 0.1) is 0 Å². The van der Waals surface area contributed by atoms with Gasteiger partial charge in [0.15, 0.2) is 0 Å². The van der Waals surface area contributed by atoms with Crippen molar-refractivity contribution in [1.82, 2.24) is 9.55 Å². The van der Waals surface area contributed by atoms with Crippen LogP contribution in [0.5, 0.6) is 0 Å². The molecule has 0 spiro atoms. The molecule has 1 fully saturated rings. The Bertz CT molecular complexity index is 963. The van der Waals surface area contributed by atoms with Gasteiger partial charge in [-0.05, 0) is 49.4 Å². The van der Waals surface area contributed by atoms with Crippen molar-refractivity contribution in [2.45, 2.75) is 36.6 Å². The third kappa shape index (κ3) is 3.21. The maximum absolute atomic E-state index is 12.9.